The highest BCUT2D eigenvalue weighted by molar-refractivity contribution is 6.29. The summed E-state index contributed by atoms with van der Waals surface area (Å²) in [6, 6.07) is 2.77. The normalized spacial score (nSPS) is 10.2. The number of rotatable bonds is 6. The average molecular weight is 300 g/mol. The van der Waals surface area contributed by atoms with Gasteiger partial charge in [0.15, 0.2) is 5.78 Å². The molecule has 1 heterocycles. The summed E-state index contributed by atoms with van der Waals surface area (Å²) in [6.07, 6.45) is 1.19. The van der Waals surface area contributed by atoms with Crippen LogP contribution in [-0.2, 0) is 19.1 Å². The molecule has 0 saturated heterocycles. The number of carbonyl (C=O) groups is 3. The maximum Gasteiger partial charge on any atom is 0.328 e. The SMILES string of the molecule is CCOC(=O)C(C(=O)OCC)C(=O)c1ccc(Cl)nc1. The van der Waals surface area contributed by atoms with Crippen LogP contribution in [0.2, 0.25) is 5.15 Å². The van der Waals surface area contributed by atoms with Crippen LogP contribution in [0.4, 0.5) is 0 Å². The number of nitrogens with zero attached hydrogens (tertiary/aromatic N) is 1. The lowest BCUT2D eigenvalue weighted by molar-refractivity contribution is -0.158. The van der Waals surface area contributed by atoms with Crippen molar-refractivity contribution in [3.05, 3.63) is 29.0 Å². The van der Waals surface area contributed by atoms with Crippen molar-refractivity contribution in [3.63, 3.8) is 0 Å². The molecule has 0 bridgehead atoms. The van der Waals surface area contributed by atoms with E-state index >= 15 is 0 Å². The van der Waals surface area contributed by atoms with Crippen LogP contribution in [0.5, 0.6) is 0 Å². The van der Waals surface area contributed by atoms with Crippen LogP contribution in [0.3, 0.4) is 0 Å². The number of halogens is 1. The molecule has 0 aliphatic rings. The van der Waals surface area contributed by atoms with E-state index in [2.05, 4.69) is 4.98 Å². The van der Waals surface area contributed by atoms with Crippen LogP contribution in [0.1, 0.15) is 24.2 Å². The third-order valence-corrected chi connectivity index (χ3v) is 2.54. The molecule has 0 fully saturated rings. The molecule has 0 amide bonds. The molecule has 0 spiro atoms. The summed E-state index contributed by atoms with van der Waals surface area (Å²) in [5.74, 6) is -4.25. The van der Waals surface area contributed by atoms with Crippen LogP contribution in [0.25, 0.3) is 0 Å². The first-order valence-corrected chi connectivity index (χ1v) is 6.38. The van der Waals surface area contributed by atoms with Gasteiger partial charge in [-0.25, -0.2) is 4.98 Å². The van der Waals surface area contributed by atoms with E-state index in [0.29, 0.717) is 0 Å². The molecule has 6 nitrogen and oxygen atoms in total. The monoisotopic (exact) mass is 299 g/mol. The van der Waals surface area contributed by atoms with Gasteiger partial charge in [0.1, 0.15) is 5.15 Å². The van der Waals surface area contributed by atoms with Gasteiger partial charge in [-0.05, 0) is 26.0 Å². The predicted molar refractivity (Wildman–Crippen MR) is 70.3 cm³/mol. The van der Waals surface area contributed by atoms with Gasteiger partial charge in [0.05, 0.1) is 13.2 Å². The Labute approximate surface area is 121 Å². The topological polar surface area (TPSA) is 82.6 Å². The highest BCUT2D eigenvalue weighted by Gasteiger charge is 2.37. The fourth-order valence-electron chi connectivity index (χ4n) is 1.45. The molecule has 0 aliphatic heterocycles. The largest absolute Gasteiger partial charge is 0.465 e. The smallest absolute Gasteiger partial charge is 0.328 e. The third-order valence-electron chi connectivity index (χ3n) is 2.32. The second kappa shape index (κ2) is 7.59. The lowest BCUT2D eigenvalue weighted by Crippen LogP contribution is -2.35. The Balaban J connectivity index is 3.03. The van der Waals surface area contributed by atoms with Gasteiger partial charge in [-0.15, -0.1) is 0 Å². The van der Waals surface area contributed by atoms with Gasteiger partial charge in [-0.1, -0.05) is 11.6 Å². The third kappa shape index (κ3) is 4.03. The molecule has 108 valence electrons. The summed E-state index contributed by atoms with van der Waals surface area (Å²) in [4.78, 5) is 39.4. The molecule has 0 aromatic carbocycles. The fraction of sp³-hybridized carbons (Fsp3) is 0.385. The van der Waals surface area contributed by atoms with Crippen molar-refractivity contribution in [2.75, 3.05) is 13.2 Å². The minimum absolute atomic E-state index is 0.0564. The summed E-state index contributed by atoms with van der Waals surface area (Å²) >= 11 is 5.61. The zero-order valence-corrected chi connectivity index (χ0v) is 11.8. The van der Waals surface area contributed by atoms with E-state index in [1.165, 1.54) is 18.3 Å². The van der Waals surface area contributed by atoms with Crippen LogP contribution in [0, 0.1) is 5.92 Å². The van der Waals surface area contributed by atoms with E-state index in [1.54, 1.807) is 13.8 Å². The Morgan fingerprint density at radius 1 is 1.15 bits per heavy atom. The molecule has 7 heteroatoms. The number of aromatic nitrogens is 1. The van der Waals surface area contributed by atoms with Gasteiger partial charge < -0.3 is 9.47 Å². The lowest BCUT2D eigenvalue weighted by atomic mass is 9.99. The maximum absolute atomic E-state index is 12.2. The number of carbonyl (C=O) groups excluding carboxylic acids is 3. The van der Waals surface area contributed by atoms with E-state index in [-0.39, 0.29) is 23.9 Å². The van der Waals surface area contributed by atoms with E-state index in [9.17, 15) is 14.4 Å². The molecule has 0 atom stereocenters. The van der Waals surface area contributed by atoms with Crippen molar-refractivity contribution in [1.82, 2.24) is 4.98 Å². The highest BCUT2D eigenvalue weighted by atomic mass is 35.5. The van der Waals surface area contributed by atoms with Gasteiger partial charge in [0, 0.05) is 11.8 Å². The number of pyridine rings is 1. The number of esters is 2. The standard InChI is InChI=1S/C13H14ClNO5/c1-3-19-12(17)10(13(18)20-4-2)11(16)8-5-6-9(14)15-7-8/h5-7,10H,3-4H2,1-2H3. The van der Waals surface area contributed by atoms with Gasteiger partial charge >= 0.3 is 11.9 Å². The first-order chi connectivity index (χ1) is 9.51. The molecule has 0 saturated carbocycles. The molecule has 0 unspecified atom stereocenters. The minimum Gasteiger partial charge on any atom is -0.465 e. The molecule has 20 heavy (non-hydrogen) atoms. The highest BCUT2D eigenvalue weighted by Crippen LogP contribution is 2.14. The summed E-state index contributed by atoms with van der Waals surface area (Å²) in [5, 5.41) is 0.199. The number of hydrogen-bond acceptors (Lipinski definition) is 6. The Kier molecular flexibility index (Phi) is 6.11. The molecule has 0 radical (unpaired) electrons. The molecule has 1 rings (SSSR count). The number of Topliss-reactive ketones (excluding diaryl/α,β-unsaturated/α-hetero) is 1. The first-order valence-electron chi connectivity index (χ1n) is 6.00. The molecule has 1 aromatic rings. The molecule has 0 N–H and O–H groups in total. The Bertz CT molecular complexity index is 482. The Morgan fingerprint density at radius 2 is 1.70 bits per heavy atom. The van der Waals surface area contributed by atoms with Crippen molar-refractivity contribution < 1.29 is 23.9 Å². The molecule has 1 aromatic heterocycles. The number of ether oxygens (including phenoxy) is 2. The Morgan fingerprint density at radius 3 is 2.10 bits per heavy atom. The lowest BCUT2D eigenvalue weighted by Gasteiger charge is -2.13. The van der Waals surface area contributed by atoms with Crippen molar-refractivity contribution >= 4 is 29.3 Å². The van der Waals surface area contributed by atoms with Crippen molar-refractivity contribution in [2.45, 2.75) is 13.8 Å². The van der Waals surface area contributed by atoms with Gasteiger partial charge in [0.2, 0.25) is 5.92 Å². The van der Waals surface area contributed by atoms with E-state index in [1.807, 2.05) is 0 Å². The van der Waals surface area contributed by atoms with E-state index in [0.717, 1.165) is 0 Å². The van der Waals surface area contributed by atoms with Crippen LogP contribution < -0.4 is 0 Å². The maximum atomic E-state index is 12.2. The fourth-order valence-corrected chi connectivity index (χ4v) is 1.56. The van der Waals surface area contributed by atoms with E-state index in [4.69, 9.17) is 21.1 Å². The zero-order valence-electron chi connectivity index (χ0n) is 11.1. The summed E-state index contributed by atoms with van der Waals surface area (Å²) in [6.45, 7) is 3.27. The molecular formula is C13H14ClNO5. The van der Waals surface area contributed by atoms with Crippen LogP contribution in [-0.4, -0.2) is 35.9 Å². The van der Waals surface area contributed by atoms with Gasteiger partial charge in [-0.3, -0.25) is 14.4 Å². The second-order valence-corrected chi connectivity index (χ2v) is 4.06. The van der Waals surface area contributed by atoms with Gasteiger partial charge in [0.25, 0.3) is 0 Å². The average Bonchev–Trinajstić information content (AvgIpc) is 2.40. The van der Waals surface area contributed by atoms with E-state index < -0.39 is 23.6 Å². The van der Waals surface area contributed by atoms with Crippen molar-refractivity contribution in [1.29, 1.82) is 0 Å². The first kappa shape index (κ1) is 16.1. The zero-order chi connectivity index (χ0) is 15.1. The van der Waals surface area contributed by atoms with Crippen molar-refractivity contribution in [2.24, 2.45) is 5.92 Å². The van der Waals surface area contributed by atoms with Crippen LogP contribution in [0.15, 0.2) is 18.3 Å². The quantitative estimate of drug-likeness (QED) is 0.344. The van der Waals surface area contributed by atoms with Crippen LogP contribution >= 0.6 is 11.6 Å². The second-order valence-electron chi connectivity index (χ2n) is 3.67. The Hall–Kier alpha value is -1.95. The number of hydrogen-bond donors (Lipinski definition) is 0. The summed E-state index contributed by atoms with van der Waals surface area (Å²) in [5.41, 5.74) is 0.0838. The summed E-state index contributed by atoms with van der Waals surface area (Å²) in [7, 11) is 0. The molecule has 0 aliphatic carbocycles. The predicted octanol–water partition coefficient (Wildman–Crippen LogP) is 1.66. The van der Waals surface area contributed by atoms with Crippen molar-refractivity contribution in [3.8, 4) is 0 Å². The molecular weight excluding hydrogens is 286 g/mol. The summed E-state index contributed by atoms with van der Waals surface area (Å²) < 4.78 is 9.46. The minimum atomic E-state index is -1.64. The number of ketones is 1. The van der Waals surface area contributed by atoms with Gasteiger partial charge in [-0.2, -0.15) is 0 Å².